The van der Waals surface area contributed by atoms with Crippen molar-refractivity contribution < 1.29 is 24.5 Å². The number of imidazole rings is 1. The Hall–Kier alpha value is -6.20. The van der Waals surface area contributed by atoms with Gasteiger partial charge in [0.25, 0.3) is 0 Å². The third kappa shape index (κ3) is 6.12. The van der Waals surface area contributed by atoms with E-state index in [1.165, 1.54) is 44.9 Å². The molecule has 0 N–H and O–H groups in total. The van der Waals surface area contributed by atoms with E-state index in [-0.39, 0.29) is 20.1 Å². The Morgan fingerprint density at radius 3 is 1.98 bits per heavy atom. The molecule has 2 aliphatic rings. The molecule has 60 heavy (non-hydrogen) atoms. The van der Waals surface area contributed by atoms with Crippen LogP contribution in [0.3, 0.4) is 0 Å². The molecule has 0 fully saturated rings. The predicted octanol–water partition coefficient (Wildman–Crippen LogP) is 13.4. The molecule has 11 rings (SSSR count). The first kappa shape index (κ1) is 39.3. The molecule has 6 heteroatoms. The second kappa shape index (κ2) is 15.8. The summed E-state index contributed by atoms with van der Waals surface area (Å²) >= 11 is 0. The first-order valence-corrected chi connectivity index (χ1v) is 20.5. The molecule has 0 aliphatic carbocycles. The van der Waals surface area contributed by atoms with Crippen LogP contribution in [0, 0.1) is 18.8 Å². The van der Waals surface area contributed by atoms with E-state index in [2.05, 4.69) is 206 Å². The van der Waals surface area contributed by atoms with Crippen molar-refractivity contribution >= 4 is 39.0 Å². The Labute approximate surface area is 366 Å². The van der Waals surface area contributed by atoms with Crippen LogP contribution in [0.5, 0.6) is 0 Å². The summed E-state index contributed by atoms with van der Waals surface area (Å²) in [6.07, 6.45) is 3.93. The first-order valence-electron chi connectivity index (χ1n) is 20.5. The van der Waals surface area contributed by atoms with Crippen LogP contribution in [0.2, 0.25) is 0 Å². The fourth-order valence-corrected chi connectivity index (χ4v) is 9.37. The van der Waals surface area contributed by atoms with Crippen molar-refractivity contribution in [2.45, 2.75) is 44.9 Å². The maximum absolute atomic E-state index is 6.73. The Bertz CT molecular complexity index is 2890. The summed E-state index contributed by atoms with van der Waals surface area (Å²) in [6, 6.07) is 60.4. The van der Waals surface area contributed by atoms with Gasteiger partial charge in [0.05, 0.1) is 5.82 Å². The van der Waals surface area contributed by atoms with Gasteiger partial charge in [-0.15, -0.1) is 35.9 Å². The van der Waals surface area contributed by atoms with Crippen molar-refractivity contribution in [3.05, 3.63) is 216 Å². The molecule has 2 aliphatic heterocycles. The maximum Gasteiger partial charge on any atom is 3.00 e. The smallest absolute Gasteiger partial charge is 0.504 e. The van der Waals surface area contributed by atoms with Gasteiger partial charge in [-0.1, -0.05) is 154 Å². The van der Waals surface area contributed by atoms with E-state index < -0.39 is 5.41 Å². The number of nitrogens with zero attached hydrogens (tertiary/aromatic N) is 4. The van der Waals surface area contributed by atoms with Gasteiger partial charge in [-0.3, -0.25) is 4.98 Å². The molecule has 0 unspecified atom stereocenters. The minimum atomic E-state index is -0.581. The molecule has 0 radical (unpaired) electrons. The third-order valence-corrected chi connectivity index (χ3v) is 12.0. The van der Waals surface area contributed by atoms with Crippen LogP contribution in [0.25, 0.3) is 39.0 Å². The molecule has 0 amide bonds. The maximum atomic E-state index is 6.73. The monoisotopic (exact) mass is 958 g/mol. The van der Waals surface area contributed by atoms with Gasteiger partial charge in [0.15, 0.2) is 0 Å². The topological polar surface area (TPSA) is 37.4 Å². The Morgan fingerprint density at radius 1 is 0.667 bits per heavy atom. The summed E-state index contributed by atoms with van der Waals surface area (Å²) < 4.78 is 8.95. The molecule has 0 bridgehead atoms. The van der Waals surface area contributed by atoms with Crippen LogP contribution >= 0.6 is 0 Å². The van der Waals surface area contributed by atoms with Gasteiger partial charge < -0.3 is 18.8 Å². The summed E-state index contributed by atoms with van der Waals surface area (Å²) in [7, 11) is 2.11. The van der Waals surface area contributed by atoms with Crippen molar-refractivity contribution in [2.75, 3.05) is 16.8 Å². The summed E-state index contributed by atoms with van der Waals surface area (Å²) in [5, 5.41) is 2.20. The van der Waals surface area contributed by atoms with Gasteiger partial charge in [0.2, 0.25) is 0 Å². The average Bonchev–Trinajstić information content (AvgIpc) is 4.01. The van der Waals surface area contributed by atoms with Gasteiger partial charge in [-0.25, -0.2) is 0 Å². The van der Waals surface area contributed by atoms with Crippen LogP contribution in [-0.2, 0) is 25.5 Å². The first-order chi connectivity index (χ1) is 28.9. The van der Waals surface area contributed by atoms with Crippen LogP contribution in [0.4, 0.5) is 17.1 Å². The van der Waals surface area contributed by atoms with Crippen molar-refractivity contribution in [1.82, 2.24) is 9.55 Å². The summed E-state index contributed by atoms with van der Waals surface area (Å²) in [5.41, 5.74) is 14.4. The van der Waals surface area contributed by atoms with Gasteiger partial charge in [0, 0.05) is 40.5 Å². The molecule has 2 aromatic heterocycles. The number of rotatable bonds is 6. The number of fused-ring (bicyclic) bond motifs is 6. The van der Waals surface area contributed by atoms with Gasteiger partial charge in [-0.05, 0) is 64.2 Å². The van der Waals surface area contributed by atoms with Crippen LogP contribution < -0.4 is 9.80 Å². The summed E-state index contributed by atoms with van der Waals surface area (Å²) in [6.45, 7) is 11.1. The minimum absolute atomic E-state index is 0. The average molecular weight is 958 g/mol. The fourth-order valence-electron chi connectivity index (χ4n) is 9.37. The molecule has 0 saturated heterocycles. The Morgan fingerprint density at radius 2 is 1.32 bits per heavy atom. The van der Waals surface area contributed by atoms with Crippen molar-refractivity contribution in [2.24, 2.45) is 0 Å². The summed E-state index contributed by atoms with van der Waals surface area (Å²) in [5.74, 6) is 1.86. The number of aromatic nitrogens is 2. The molecule has 0 spiro atoms. The standard InChI is InChI=1S/C33H22N2O.C21H23N2.Ir/c1-34-21-35-27-20-19-25-24-15-8-9-18-29(24)36-32(25)30(27)33(22-11-4-2-5-12-22,23-13-6-3-7-14-23)26-16-10-17-28(34)31(26)35;1-15(2)18-11-8-12-19(16(3)4)20(18)23-14-13-22-21(23)17-9-6-5-7-10-17;/h2-19,21H,1H3;5-9,11-16H,1-4H3;/q-2;-1;+3. The molecule has 7 aromatic carbocycles. The van der Waals surface area contributed by atoms with E-state index in [0.717, 1.165) is 44.6 Å². The molecular weight excluding hydrogens is 913 g/mol. The summed E-state index contributed by atoms with van der Waals surface area (Å²) in [4.78, 5) is 9.08. The number of hydrogen-bond acceptors (Lipinski definition) is 4. The van der Waals surface area contributed by atoms with E-state index in [4.69, 9.17) is 4.42 Å². The molecule has 296 valence electrons. The SMILES string of the molecule is CC(C)c1cccc(C(C)C)c1-n1ccnc1-c1[c-]cccc1.CN1[CH-]N2c3[c-]cc4c(oc5ccccc54)c3C(c3ccccc3)(c3ccccc3)c3cccc1c32.[Ir+3]. The van der Waals surface area contributed by atoms with E-state index in [1.54, 1.807) is 0 Å². The molecule has 9 aromatic rings. The number of benzene rings is 7. The van der Waals surface area contributed by atoms with Gasteiger partial charge >= 0.3 is 20.1 Å². The van der Waals surface area contributed by atoms with E-state index in [0.29, 0.717) is 11.8 Å². The van der Waals surface area contributed by atoms with Crippen molar-refractivity contribution in [1.29, 1.82) is 0 Å². The number of furan rings is 1. The number of anilines is 3. The zero-order valence-corrected chi connectivity index (χ0v) is 36.7. The quantitative estimate of drug-likeness (QED) is 0.156. The Balaban J connectivity index is 0.000000168. The number of para-hydroxylation sites is 3. The van der Waals surface area contributed by atoms with Crippen LogP contribution in [-0.4, -0.2) is 16.6 Å². The second-order valence-electron chi connectivity index (χ2n) is 16.1. The zero-order valence-electron chi connectivity index (χ0n) is 34.4. The van der Waals surface area contributed by atoms with Gasteiger partial charge in [0.1, 0.15) is 5.58 Å². The molecule has 0 atom stereocenters. The van der Waals surface area contributed by atoms with Crippen molar-refractivity contribution in [3.63, 3.8) is 0 Å². The van der Waals surface area contributed by atoms with Crippen molar-refractivity contribution in [3.8, 4) is 17.1 Å². The molecule has 4 heterocycles. The van der Waals surface area contributed by atoms with E-state index in [9.17, 15) is 0 Å². The van der Waals surface area contributed by atoms with E-state index >= 15 is 0 Å². The predicted molar refractivity (Wildman–Crippen MR) is 242 cm³/mol. The molecular formula is C54H45IrN4O. The third-order valence-electron chi connectivity index (χ3n) is 12.0. The normalized spacial score (nSPS) is 13.6. The largest absolute Gasteiger partial charge is 3.00 e. The van der Waals surface area contributed by atoms with Gasteiger partial charge in [-0.2, -0.15) is 18.8 Å². The van der Waals surface area contributed by atoms with E-state index in [1.807, 2.05) is 30.5 Å². The number of hydrogen-bond donors (Lipinski definition) is 0. The molecule has 0 saturated carbocycles. The zero-order chi connectivity index (χ0) is 40.3. The Kier molecular flexibility index (Phi) is 10.3. The van der Waals surface area contributed by atoms with Crippen LogP contribution in [0.15, 0.2) is 168 Å². The molecule has 5 nitrogen and oxygen atoms in total. The fraction of sp³-hybridized carbons (Fsp3) is 0.148. The second-order valence-corrected chi connectivity index (χ2v) is 16.1. The van der Waals surface area contributed by atoms with Crippen LogP contribution in [0.1, 0.15) is 72.9 Å². The minimum Gasteiger partial charge on any atom is -0.504 e.